The first kappa shape index (κ1) is 13.4. The topological polar surface area (TPSA) is 0 Å². The van der Waals surface area contributed by atoms with Crippen molar-refractivity contribution in [1.82, 2.24) is 0 Å². The molecule has 0 bridgehead atoms. The molecule has 1 aromatic heterocycles. The summed E-state index contributed by atoms with van der Waals surface area (Å²) in [6.07, 6.45) is 8.99. The van der Waals surface area contributed by atoms with Crippen LogP contribution in [0.2, 0.25) is 0 Å². The van der Waals surface area contributed by atoms with Gasteiger partial charge in [0.1, 0.15) is 0 Å². The van der Waals surface area contributed by atoms with Crippen molar-refractivity contribution in [1.29, 1.82) is 0 Å². The van der Waals surface area contributed by atoms with E-state index in [4.69, 9.17) is 0 Å². The number of benzene rings is 2. The summed E-state index contributed by atoms with van der Waals surface area (Å²) in [5, 5.41) is 9.77. The lowest BCUT2D eigenvalue weighted by atomic mass is 9.83. The van der Waals surface area contributed by atoms with E-state index in [1.807, 2.05) is 11.3 Å². The second-order valence-corrected chi connectivity index (χ2v) is 9.04. The fraction of sp³-hybridized carbons (Fsp3) is 0.0476. The lowest BCUT2D eigenvalue weighted by Crippen LogP contribution is -2.02. The van der Waals surface area contributed by atoms with Crippen molar-refractivity contribution >= 4 is 39.1 Å². The van der Waals surface area contributed by atoms with Gasteiger partial charge in [0.05, 0.1) is 0 Å². The smallest absolute Gasteiger partial charge is 0.0476 e. The molecule has 0 spiro atoms. The quantitative estimate of drug-likeness (QED) is 0.511. The van der Waals surface area contributed by atoms with E-state index in [1.165, 1.54) is 31.7 Å². The van der Waals surface area contributed by atoms with Gasteiger partial charge in [0.15, 0.2) is 0 Å². The Bertz CT molecular complexity index is 971. The average molecular weight is 332 g/mol. The van der Waals surface area contributed by atoms with E-state index in [0.29, 0.717) is 5.92 Å². The van der Waals surface area contributed by atoms with Crippen molar-refractivity contribution in [3.05, 3.63) is 93.6 Å². The molecule has 23 heavy (non-hydrogen) atoms. The Balaban J connectivity index is 1.63. The van der Waals surface area contributed by atoms with E-state index in [1.54, 1.807) is 0 Å². The Morgan fingerprint density at radius 1 is 0.957 bits per heavy atom. The molecule has 0 fully saturated rings. The van der Waals surface area contributed by atoms with Crippen LogP contribution in [0.4, 0.5) is 0 Å². The fourth-order valence-corrected chi connectivity index (χ4v) is 6.46. The van der Waals surface area contributed by atoms with Crippen LogP contribution < -0.4 is 0 Å². The predicted molar refractivity (Wildman–Crippen MR) is 105 cm³/mol. The van der Waals surface area contributed by atoms with E-state index in [2.05, 4.69) is 83.0 Å². The van der Waals surface area contributed by atoms with Crippen LogP contribution in [0.3, 0.4) is 0 Å². The normalized spacial score (nSPS) is 19.8. The second-order valence-electron chi connectivity index (χ2n) is 5.94. The third kappa shape index (κ3) is 2.13. The number of rotatable bonds is 2. The van der Waals surface area contributed by atoms with Crippen LogP contribution in [-0.2, 0) is 0 Å². The highest BCUT2D eigenvalue weighted by Gasteiger charge is 2.20. The molecule has 0 radical (unpaired) electrons. The maximum atomic E-state index is 2.41. The fourth-order valence-electron chi connectivity index (χ4n) is 3.51. The number of hydrogen-bond donors (Lipinski definition) is 1. The van der Waals surface area contributed by atoms with Gasteiger partial charge < -0.3 is 0 Å². The largest absolute Gasteiger partial charge is 0.177 e. The first-order valence-corrected chi connectivity index (χ1v) is 10.2. The molecule has 2 heterocycles. The Kier molecular flexibility index (Phi) is 3.07. The molecule has 1 aliphatic carbocycles. The number of thiophene rings is 1. The zero-order chi connectivity index (χ0) is 15.2. The highest BCUT2D eigenvalue weighted by atomic mass is 32.2. The lowest BCUT2D eigenvalue weighted by Gasteiger charge is -2.20. The maximum Gasteiger partial charge on any atom is 0.0476 e. The van der Waals surface area contributed by atoms with Crippen LogP contribution in [0.25, 0.3) is 16.8 Å². The monoisotopic (exact) mass is 332 g/mol. The van der Waals surface area contributed by atoms with E-state index in [-0.39, 0.29) is 10.9 Å². The average Bonchev–Trinajstić information content (AvgIpc) is 3.27. The van der Waals surface area contributed by atoms with Crippen LogP contribution in [-0.4, -0.2) is 0 Å². The first-order valence-electron chi connectivity index (χ1n) is 7.82. The molecule has 1 atom stereocenters. The minimum Gasteiger partial charge on any atom is -0.177 e. The Hall–Kier alpha value is -2.03. The minimum absolute atomic E-state index is 0.204. The lowest BCUT2D eigenvalue weighted by molar-refractivity contribution is 1.04. The van der Waals surface area contributed by atoms with Crippen LogP contribution >= 0.6 is 22.2 Å². The van der Waals surface area contributed by atoms with Gasteiger partial charge in [0.25, 0.3) is 0 Å². The molecule has 0 saturated carbocycles. The molecule has 5 rings (SSSR count). The van der Waals surface area contributed by atoms with Gasteiger partial charge in [-0.2, -0.15) is 10.9 Å². The predicted octanol–water partition coefficient (Wildman–Crippen LogP) is 6.46. The molecule has 2 aromatic carbocycles. The summed E-state index contributed by atoms with van der Waals surface area (Å²) in [4.78, 5) is 0. The number of hydrogen-bond acceptors (Lipinski definition) is 1. The molecule has 1 unspecified atom stereocenters. The molecule has 112 valence electrons. The Morgan fingerprint density at radius 3 is 2.65 bits per heavy atom. The van der Waals surface area contributed by atoms with Crippen LogP contribution in [0.15, 0.2) is 81.1 Å². The van der Waals surface area contributed by atoms with Crippen molar-refractivity contribution < 1.29 is 0 Å². The summed E-state index contributed by atoms with van der Waals surface area (Å²) in [5.41, 5.74) is 4.21. The van der Waals surface area contributed by atoms with E-state index < -0.39 is 0 Å². The zero-order valence-corrected chi connectivity index (χ0v) is 14.2. The molecule has 2 heteroatoms. The van der Waals surface area contributed by atoms with E-state index >= 15 is 0 Å². The van der Waals surface area contributed by atoms with Gasteiger partial charge in [-0.25, -0.2) is 0 Å². The van der Waals surface area contributed by atoms with Gasteiger partial charge in [-0.1, -0.05) is 60.7 Å². The standard InChI is InChI=1S/C21H16S2/c1-2-12-23(11-1)20-13-17(14-22-20)18-10-9-16-6-3-5-15-7-4-8-19(18)21(15)16/h1-14,18,23H. The van der Waals surface area contributed by atoms with Gasteiger partial charge >= 0.3 is 0 Å². The van der Waals surface area contributed by atoms with Crippen molar-refractivity contribution in [3.8, 4) is 0 Å². The number of thiol groups is 1. The molecule has 1 aliphatic heterocycles. The molecule has 0 N–H and O–H groups in total. The van der Waals surface area contributed by atoms with Crippen molar-refractivity contribution in [2.75, 3.05) is 0 Å². The summed E-state index contributed by atoms with van der Waals surface area (Å²) in [5.74, 6) is 0.379. The van der Waals surface area contributed by atoms with Gasteiger partial charge in [0, 0.05) is 10.1 Å². The van der Waals surface area contributed by atoms with Crippen LogP contribution in [0, 0.1) is 0 Å². The van der Waals surface area contributed by atoms with E-state index in [0.717, 1.165) is 0 Å². The highest BCUT2D eigenvalue weighted by molar-refractivity contribution is 8.23. The third-order valence-corrected chi connectivity index (χ3v) is 7.92. The van der Waals surface area contributed by atoms with Crippen molar-refractivity contribution in [2.45, 2.75) is 10.1 Å². The maximum absolute atomic E-state index is 2.41. The van der Waals surface area contributed by atoms with Crippen LogP contribution in [0.5, 0.6) is 0 Å². The summed E-state index contributed by atoms with van der Waals surface area (Å²) in [6.45, 7) is 0. The third-order valence-electron chi connectivity index (χ3n) is 4.60. The summed E-state index contributed by atoms with van der Waals surface area (Å²) in [6, 6.07) is 15.7. The Labute approximate surface area is 142 Å². The molecule has 0 amide bonds. The van der Waals surface area contributed by atoms with Gasteiger partial charge in [-0.3, -0.25) is 0 Å². The number of allylic oxidation sites excluding steroid dienone is 3. The summed E-state index contributed by atoms with van der Waals surface area (Å²) < 4.78 is 1.50. The van der Waals surface area contributed by atoms with E-state index in [9.17, 15) is 0 Å². The second kappa shape index (κ2) is 5.26. The first-order chi connectivity index (χ1) is 11.4. The van der Waals surface area contributed by atoms with Crippen molar-refractivity contribution in [2.24, 2.45) is 0 Å². The summed E-state index contributed by atoms with van der Waals surface area (Å²) >= 11 is 1.90. The van der Waals surface area contributed by atoms with Gasteiger partial charge in [-0.15, -0.1) is 11.3 Å². The summed E-state index contributed by atoms with van der Waals surface area (Å²) in [7, 11) is -0.204. The van der Waals surface area contributed by atoms with Gasteiger partial charge in [-0.05, 0) is 49.7 Å². The SMILES string of the molecule is C1=C[SH](c2cc(C3C=Cc4cccc5cccc3c45)cs2)C=C1. The highest BCUT2D eigenvalue weighted by Crippen LogP contribution is 2.48. The molecule has 0 nitrogen and oxygen atoms in total. The molecule has 0 saturated heterocycles. The molecule has 3 aromatic rings. The van der Waals surface area contributed by atoms with Crippen LogP contribution in [0.1, 0.15) is 22.6 Å². The van der Waals surface area contributed by atoms with Crippen molar-refractivity contribution in [3.63, 3.8) is 0 Å². The molecule has 2 aliphatic rings. The zero-order valence-electron chi connectivity index (χ0n) is 12.5. The van der Waals surface area contributed by atoms with Gasteiger partial charge in [0.2, 0.25) is 0 Å². The Morgan fingerprint density at radius 2 is 1.78 bits per heavy atom. The molecular weight excluding hydrogens is 316 g/mol. The molecular formula is C21H16S2. The minimum atomic E-state index is -0.204.